The van der Waals surface area contributed by atoms with Crippen LogP contribution in [0.15, 0.2) is 12.7 Å². The highest BCUT2D eigenvalue weighted by Crippen LogP contribution is 2.21. The third-order valence-electron chi connectivity index (χ3n) is 3.23. The van der Waals surface area contributed by atoms with E-state index >= 15 is 0 Å². The maximum atomic E-state index is 3.76. The number of likely N-dealkylation sites (N-methyl/N-ethyl adjacent to an activating group) is 1. The molecule has 0 saturated heterocycles. The summed E-state index contributed by atoms with van der Waals surface area (Å²) in [7, 11) is 2.25. The Kier molecular flexibility index (Phi) is 5.20. The highest BCUT2D eigenvalue weighted by atomic mass is 15.1. The zero-order valence-corrected chi connectivity index (χ0v) is 9.63. The summed E-state index contributed by atoms with van der Waals surface area (Å²) in [5.74, 6) is 0. The van der Waals surface area contributed by atoms with Crippen LogP contribution in [0.4, 0.5) is 0 Å². The molecule has 1 atom stereocenters. The molecule has 0 aromatic heterocycles. The first-order chi connectivity index (χ1) is 6.74. The average Bonchev–Trinajstić information content (AvgIpc) is 2.70. The molecule has 1 unspecified atom stereocenters. The van der Waals surface area contributed by atoms with Gasteiger partial charge in [-0.2, -0.15) is 0 Å². The van der Waals surface area contributed by atoms with E-state index < -0.39 is 0 Å². The Morgan fingerprint density at radius 2 is 2.14 bits per heavy atom. The van der Waals surface area contributed by atoms with Crippen molar-refractivity contribution in [3.05, 3.63) is 12.7 Å². The van der Waals surface area contributed by atoms with Crippen LogP contribution in [-0.2, 0) is 0 Å². The predicted octanol–water partition coefficient (Wildman–Crippen LogP) is 2.02. The van der Waals surface area contributed by atoms with Gasteiger partial charge in [-0.1, -0.05) is 18.9 Å². The molecule has 2 heteroatoms. The van der Waals surface area contributed by atoms with Crippen LogP contribution in [0.5, 0.6) is 0 Å². The molecule has 1 N–H and O–H groups in total. The van der Waals surface area contributed by atoms with Crippen LogP contribution in [-0.4, -0.2) is 37.1 Å². The Bertz CT molecular complexity index is 162. The van der Waals surface area contributed by atoms with E-state index in [1.54, 1.807) is 0 Å². The van der Waals surface area contributed by atoms with E-state index in [1.165, 1.54) is 25.7 Å². The van der Waals surface area contributed by atoms with Gasteiger partial charge in [0.25, 0.3) is 0 Å². The van der Waals surface area contributed by atoms with Crippen molar-refractivity contribution in [2.75, 3.05) is 20.1 Å². The van der Waals surface area contributed by atoms with Gasteiger partial charge in [0.2, 0.25) is 0 Å². The zero-order valence-electron chi connectivity index (χ0n) is 9.63. The zero-order chi connectivity index (χ0) is 10.4. The third-order valence-corrected chi connectivity index (χ3v) is 3.23. The van der Waals surface area contributed by atoms with E-state index in [-0.39, 0.29) is 0 Å². The van der Waals surface area contributed by atoms with Crippen LogP contribution in [0.25, 0.3) is 0 Å². The van der Waals surface area contributed by atoms with Gasteiger partial charge in [0.15, 0.2) is 0 Å². The maximum absolute atomic E-state index is 3.76. The van der Waals surface area contributed by atoms with E-state index in [1.807, 2.05) is 6.08 Å². The summed E-state index contributed by atoms with van der Waals surface area (Å²) in [6, 6.07) is 1.28. The quantitative estimate of drug-likeness (QED) is 0.654. The second-order valence-electron chi connectivity index (χ2n) is 4.40. The summed E-state index contributed by atoms with van der Waals surface area (Å²) < 4.78 is 0. The summed E-state index contributed by atoms with van der Waals surface area (Å²) in [5, 5.41) is 3.43. The molecule has 14 heavy (non-hydrogen) atoms. The van der Waals surface area contributed by atoms with E-state index in [0.29, 0.717) is 6.04 Å². The molecule has 0 aromatic carbocycles. The fourth-order valence-electron chi connectivity index (χ4n) is 2.08. The van der Waals surface area contributed by atoms with Gasteiger partial charge >= 0.3 is 0 Å². The Morgan fingerprint density at radius 1 is 1.50 bits per heavy atom. The molecule has 0 spiro atoms. The van der Waals surface area contributed by atoms with Crippen molar-refractivity contribution in [1.82, 2.24) is 10.2 Å². The van der Waals surface area contributed by atoms with Crippen LogP contribution in [0.2, 0.25) is 0 Å². The first-order valence-corrected chi connectivity index (χ1v) is 5.80. The SMILES string of the molecule is C=CC(C)NCCN(C)C1CCCC1. The molecule has 0 amide bonds. The van der Waals surface area contributed by atoms with Crippen LogP contribution >= 0.6 is 0 Å². The van der Waals surface area contributed by atoms with Crippen molar-refractivity contribution in [2.45, 2.75) is 44.7 Å². The monoisotopic (exact) mass is 196 g/mol. The summed E-state index contributed by atoms with van der Waals surface area (Å²) in [4.78, 5) is 2.50. The van der Waals surface area contributed by atoms with Crippen molar-refractivity contribution in [2.24, 2.45) is 0 Å². The van der Waals surface area contributed by atoms with Gasteiger partial charge < -0.3 is 10.2 Å². The second kappa shape index (κ2) is 6.20. The Labute approximate surface area is 88.4 Å². The molecule has 0 radical (unpaired) electrons. The third kappa shape index (κ3) is 3.81. The van der Waals surface area contributed by atoms with Gasteiger partial charge in [-0.15, -0.1) is 6.58 Å². The van der Waals surface area contributed by atoms with Crippen molar-refractivity contribution >= 4 is 0 Å². The molecule has 1 rings (SSSR count). The maximum Gasteiger partial charge on any atom is 0.0219 e. The number of nitrogens with zero attached hydrogens (tertiary/aromatic N) is 1. The van der Waals surface area contributed by atoms with E-state index in [0.717, 1.165) is 19.1 Å². The van der Waals surface area contributed by atoms with Crippen LogP contribution in [0.3, 0.4) is 0 Å². The van der Waals surface area contributed by atoms with Crippen LogP contribution in [0.1, 0.15) is 32.6 Å². The standard InChI is InChI=1S/C12H24N2/c1-4-11(2)13-9-10-14(3)12-7-5-6-8-12/h4,11-13H,1,5-10H2,2-3H3. The lowest BCUT2D eigenvalue weighted by molar-refractivity contribution is 0.244. The van der Waals surface area contributed by atoms with Gasteiger partial charge in [0.05, 0.1) is 0 Å². The number of nitrogens with one attached hydrogen (secondary N) is 1. The summed E-state index contributed by atoms with van der Waals surface area (Å²) in [6.45, 7) is 8.13. The van der Waals surface area contributed by atoms with Gasteiger partial charge in [-0.25, -0.2) is 0 Å². The smallest absolute Gasteiger partial charge is 0.0219 e. The molecule has 1 aliphatic carbocycles. The fourth-order valence-corrected chi connectivity index (χ4v) is 2.08. The van der Waals surface area contributed by atoms with Crippen molar-refractivity contribution < 1.29 is 0 Å². The number of rotatable bonds is 6. The van der Waals surface area contributed by atoms with E-state index in [2.05, 4.69) is 30.8 Å². The minimum absolute atomic E-state index is 0.437. The lowest BCUT2D eigenvalue weighted by Crippen LogP contribution is -2.37. The minimum atomic E-state index is 0.437. The lowest BCUT2D eigenvalue weighted by Gasteiger charge is -2.24. The Hall–Kier alpha value is -0.340. The number of hydrogen-bond acceptors (Lipinski definition) is 2. The highest BCUT2D eigenvalue weighted by molar-refractivity contribution is 4.82. The van der Waals surface area contributed by atoms with Gasteiger partial charge in [-0.3, -0.25) is 0 Å². The Morgan fingerprint density at radius 3 is 2.71 bits per heavy atom. The first-order valence-electron chi connectivity index (χ1n) is 5.80. The number of hydrogen-bond donors (Lipinski definition) is 1. The molecule has 0 heterocycles. The first kappa shape index (κ1) is 11.7. The molecule has 2 nitrogen and oxygen atoms in total. The van der Waals surface area contributed by atoms with Gasteiger partial charge in [-0.05, 0) is 26.8 Å². The molecule has 0 aliphatic heterocycles. The molecule has 0 aromatic rings. The highest BCUT2D eigenvalue weighted by Gasteiger charge is 2.18. The minimum Gasteiger partial charge on any atom is -0.310 e. The van der Waals surface area contributed by atoms with Gasteiger partial charge in [0, 0.05) is 25.2 Å². The molecular formula is C12H24N2. The van der Waals surface area contributed by atoms with Crippen LogP contribution in [0, 0.1) is 0 Å². The van der Waals surface area contributed by atoms with Crippen molar-refractivity contribution in [1.29, 1.82) is 0 Å². The average molecular weight is 196 g/mol. The predicted molar refractivity (Wildman–Crippen MR) is 62.5 cm³/mol. The summed E-state index contributed by atoms with van der Waals surface area (Å²) in [6.07, 6.45) is 7.59. The van der Waals surface area contributed by atoms with Crippen LogP contribution < -0.4 is 5.32 Å². The lowest BCUT2D eigenvalue weighted by atomic mass is 10.2. The summed E-state index contributed by atoms with van der Waals surface area (Å²) in [5.41, 5.74) is 0. The Balaban J connectivity index is 2.08. The van der Waals surface area contributed by atoms with E-state index in [4.69, 9.17) is 0 Å². The van der Waals surface area contributed by atoms with E-state index in [9.17, 15) is 0 Å². The molecule has 82 valence electrons. The van der Waals surface area contributed by atoms with Gasteiger partial charge in [0.1, 0.15) is 0 Å². The summed E-state index contributed by atoms with van der Waals surface area (Å²) >= 11 is 0. The molecule has 1 aliphatic rings. The second-order valence-corrected chi connectivity index (χ2v) is 4.40. The molecule has 1 fully saturated rings. The van der Waals surface area contributed by atoms with Crippen molar-refractivity contribution in [3.63, 3.8) is 0 Å². The normalized spacial score (nSPS) is 20.2. The molecule has 1 saturated carbocycles. The molecule has 0 bridgehead atoms. The van der Waals surface area contributed by atoms with Crippen molar-refractivity contribution in [3.8, 4) is 0 Å². The fraction of sp³-hybridized carbons (Fsp3) is 0.833. The topological polar surface area (TPSA) is 15.3 Å². The molecular weight excluding hydrogens is 172 g/mol. The largest absolute Gasteiger partial charge is 0.310 e.